The van der Waals surface area contributed by atoms with Gasteiger partial charge >= 0.3 is 0 Å². The lowest BCUT2D eigenvalue weighted by atomic mass is 9.85. The van der Waals surface area contributed by atoms with Gasteiger partial charge in [-0.1, -0.05) is 18.9 Å². The first-order valence-corrected chi connectivity index (χ1v) is 8.20. The molecule has 0 unspecified atom stereocenters. The van der Waals surface area contributed by atoms with E-state index in [9.17, 15) is 4.79 Å². The minimum Gasteiger partial charge on any atom is -0.370 e. The highest BCUT2D eigenvalue weighted by Gasteiger charge is 2.41. The molecule has 134 valence electrons. The second-order valence-corrected chi connectivity index (χ2v) is 6.81. The lowest BCUT2D eigenvalue weighted by Crippen LogP contribution is -2.41. The zero-order valence-electron chi connectivity index (χ0n) is 15.1. The van der Waals surface area contributed by atoms with Crippen LogP contribution in [0.3, 0.4) is 0 Å². The third kappa shape index (κ3) is 4.84. The number of nitrogens with zero attached hydrogens (tertiary/aromatic N) is 2. The fourth-order valence-electron chi connectivity index (χ4n) is 3.21. The van der Waals surface area contributed by atoms with E-state index < -0.39 is 0 Å². The van der Waals surface area contributed by atoms with Gasteiger partial charge in [-0.05, 0) is 49.9 Å². The van der Waals surface area contributed by atoms with Gasteiger partial charge in [0.1, 0.15) is 0 Å². The zero-order chi connectivity index (χ0) is 17.0. The van der Waals surface area contributed by atoms with Crippen LogP contribution < -0.4 is 11.1 Å². The molecule has 1 aromatic rings. The summed E-state index contributed by atoms with van der Waals surface area (Å²) in [6.45, 7) is 4.60. The van der Waals surface area contributed by atoms with Gasteiger partial charge in [-0.2, -0.15) is 0 Å². The third-order valence-corrected chi connectivity index (χ3v) is 4.75. The number of guanidine groups is 1. The number of nitrogens with one attached hydrogen (secondary N) is 1. The number of carbonyl (C=O) groups is 1. The molecule has 2 rings (SSSR count). The van der Waals surface area contributed by atoms with E-state index in [1.165, 1.54) is 11.1 Å². The molecule has 1 saturated carbocycles. The third-order valence-electron chi connectivity index (χ3n) is 4.75. The number of rotatable bonds is 4. The van der Waals surface area contributed by atoms with Gasteiger partial charge in [-0.3, -0.25) is 9.79 Å². The maximum atomic E-state index is 12.5. The standard InChI is InChI=1S/C18H28N4O.HI/c1-13-7-8-15(11-14(13)2)21-17(19)20-12-18(9-5-6-10-18)16(23)22(3)4;/h7-8,11H,5-6,9-10,12H2,1-4H3,(H3,19,20,21);1H. The van der Waals surface area contributed by atoms with Crippen LogP contribution in [0.25, 0.3) is 0 Å². The van der Waals surface area contributed by atoms with Crippen molar-refractivity contribution in [3.63, 3.8) is 0 Å². The Labute approximate surface area is 162 Å². The molecule has 1 fully saturated rings. The molecule has 0 heterocycles. The number of benzene rings is 1. The lowest BCUT2D eigenvalue weighted by molar-refractivity contribution is -0.138. The number of hydrogen-bond acceptors (Lipinski definition) is 2. The highest BCUT2D eigenvalue weighted by Crippen LogP contribution is 2.39. The lowest BCUT2D eigenvalue weighted by Gasteiger charge is -2.29. The number of nitrogens with two attached hydrogens (primary N) is 1. The number of halogens is 1. The maximum absolute atomic E-state index is 12.5. The molecule has 0 bridgehead atoms. The van der Waals surface area contributed by atoms with Gasteiger partial charge in [-0.25, -0.2) is 0 Å². The van der Waals surface area contributed by atoms with Crippen molar-refractivity contribution in [2.45, 2.75) is 39.5 Å². The quantitative estimate of drug-likeness (QED) is 0.426. The van der Waals surface area contributed by atoms with Crippen LogP contribution in [0.1, 0.15) is 36.8 Å². The van der Waals surface area contributed by atoms with E-state index in [2.05, 4.69) is 30.2 Å². The first kappa shape index (κ1) is 20.7. The summed E-state index contributed by atoms with van der Waals surface area (Å²) in [5, 5.41) is 3.12. The van der Waals surface area contributed by atoms with Crippen molar-refractivity contribution in [2.24, 2.45) is 16.1 Å². The van der Waals surface area contributed by atoms with Crippen LogP contribution >= 0.6 is 24.0 Å². The van der Waals surface area contributed by atoms with Crippen molar-refractivity contribution >= 4 is 41.5 Å². The normalized spacial score (nSPS) is 16.4. The van der Waals surface area contributed by atoms with Gasteiger partial charge in [0, 0.05) is 19.8 Å². The summed E-state index contributed by atoms with van der Waals surface area (Å²) in [4.78, 5) is 18.7. The van der Waals surface area contributed by atoms with Crippen LogP contribution in [-0.2, 0) is 4.79 Å². The molecule has 3 N–H and O–H groups in total. The SMILES string of the molecule is Cc1ccc(NC(N)=NCC2(C(=O)N(C)C)CCCC2)cc1C.I. The molecular formula is C18H29IN4O. The van der Waals surface area contributed by atoms with E-state index in [0.29, 0.717) is 12.5 Å². The van der Waals surface area contributed by atoms with E-state index >= 15 is 0 Å². The molecule has 1 aliphatic rings. The molecule has 5 nitrogen and oxygen atoms in total. The Kier molecular flexibility index (Phi) is 7.51. The molecule has 0 radical (unpaired) electrons. The average Bonchev–Trinajstić information content (AvgIpc) is 2.98. The van der Waals surface area contributed by atoms with Crippen LogP contribution in [0.2, 0.25) is 0 Å². The summed E-state index contributed by atoms with van der Waals surface area (Å²) >= 11 is 0. The fraction of sp³-hybridized carbons (Fsp3) is 0.556. The predicted octanol–water partition coefficient (Wildman–Crippen LogP) is 3.30. The molecule has 24 heavy (non-hydrogen) atoms. The highest BCUT2D eigenvalue weighted by atomic mass is 127. The summed E-state index contributed by atoms with van der Waals surface area (Å²) in [5.41, 5.74) is 9.02. The van der Waals surface area contributed by atoms with E-state index in [-0.39, 0.29) is 35.3 Å². The molecule has 0 spiro atoms. The Balaban J connectivity index is 0.00000288. The van der Waals surface area contributed by atoms with Gasteiger partial charge in [0.15, 0.2) is 5.96 Å². The number of hydrogen-bond donors (Lipinski definition) is 2. The van der Waals surface area contributed by atoms with Crippen molar-refractivity contribution in [1.29, 1.82) is 0 Å². The molecule has 0 saturated heterocycles. The largest absolute Gasteiger partial charge is 0.370 e. The molecule has 0 aliphatic heterocycles. The summed E-state index contributed by atoms with van der Waals surface area (Å²) in [6, 6.07) is 6.09. The summed E-state index contributed by atoms with van der Waals surface area (Å²) in [7, 11) is 3.62. The monoisotopic (exact) mass is 444 g/mol. The Bertz CT molecular complexity index is 607. The van der Waals surface area contributed by atoms with Gasteiger partial charge in [-0.15, -0.1) is 24.0 Å². The Morgan fingerprint density at radius 2 is 1.88 bits per heavy atom. The van der Waals surface area contributed by atoms with Crippen LogP contribution in [0, 0.1) is 19.3 Å². The number of aliphatic imine (C=N–C) groups is 1. The first-order chi connectivity index (χ1) is 10.8. The molecule has 0 atom stereocenters. The molecule has 0 aromatic heterocycles. The Morgan fingerprint density at radius 1 is 1.25 bits per heavy atom. The van der Waals surface area contributed by atoms with Crippen molar-refractivity contribution < 1.29 is 4.79 Å². The van der Waals surface area contributed by atoms with Crippen LogP contribution in [-0.4, -0.2) is 37.4 Å². The molecule has 1 aliphatic carbocycles. The molecule has 1 amide bonds. The minimum atomic E-state index is -0.376. The van der Waals surface area contributed by atoms with E-state index in [1.54, 1.807) is 4.90 Å². The minimum absolute atomic E-state index is 0. The fourth-order valence-corrected chi connectivity index (χ4v) is 3.21. The zero-order valence-corrected chi connectivity index (χ0v) is 17.4. The molecular weight excluding hydrogens is 415 g/mol. The van der Waals surface area contributed by atoms with E-state index in [0.717, 1.165) is 31.4 Å². The van der Waals surface area contributed by atoms with Gasteiger partial charge < -0.3 is 16.0 Å². The highest BCUT2D eigenvalue weighted by molar-refractivity contribution is 14.0. The van der Waals surface area contributed by atoms with Crippen LogP contribution in [0.5, 0.6) is 0 Å². The van der Waals surface area contributed by atoms with Crippen molar-refractivity contribution in [3.8, 4) is 0 Å². The Hall–Kier alpha value is -1.31. The first-order valence-electron chi connectivity index (χ1n) is 8.20. The summed E-state index contributed by atoms with van der Waals surface area (Å²) in [6.07, 6.45) is 3.95. The van der Waals surface area contributed by atoms with Crippen LogP contribution in [0.4, 0.5) is 5.69 Å². The van der Waals surface area contributed by atoms with Crippen molar-refractivity contribution in [1.82, 2.24) is 4.90 Å². The second-order valence-electron chi connectivity index (χ2n) is 6.81. The number of carbonyl (C=O) groups excluding carboxylic acids is 1. The summed E-state index contributed by atoms with van der Waals surface area (Å²) < 4.78 is 0. The second kappa shape index (κ2) is 8.69. The van der Waals surface area contributed by atoms with Crippen LogP contribution in [0.15, 0.2) is 23.2 Å². The number of amides is 1. The predicted molar refractivity (Wildman–Crippen MR) is 111 cm³/mol. The Morgan fingerprint density at radius 3 is 2.42 bits per heavy atom. The van der Waals surface area contributed by atoms with E-state index in [4.69, 9.17) is 5.73 Å². The number of aryl methyl sites for hydroxylation is 2. The smallest absolute Gasteiger partial charge is 0.230 e. The number of anilines is 1. The summed E-state index contributed by atoms with van der Waals surface area (Å²) in [5.74, 6) is 0.531. The van der Waals surface area contributed by atoms with Gasteiger partial charge in [0.2, 0.25) is 5.91 Å². The van der Waals surface area contributed by atoms with Gasteiger partial charge in [0.25, 0.3) is 0 Å². The van der Waals surface area contributed by atoms with E-state index in [1.807, 2.05) is 26.2 Å². The van der Waals surface area contributed by atoms with Crippen molar-refractivity contribution in [3.05, 3.63) is 29.3 Å². The van der Waals surface area contributed by atoms with Gasteiger partial charge in [0.05, 0.1) is 12.0 Å². The molecule has 1 aromatic carbocycles. The maximum Gasteiger partial charge on any atom is 0.230 e. The average molecular weight is 444 g/mol. The topological polar surface area (TPSA) is 70.7 Å². The molecule has 6 heteroatoms. The van der Waals surface area contributed by atoms with Crippen molar-refractivity contribution in [2.75, 3.05) is 26.0 Å².